The van der Waals surface area contributed by atoms with Gasteiger partial charge >= 0.3 is 0 Å². The number of alkyl halides is 3. The lowest BCUT2D eigenvalue weighted by Crippen LogP contribution is -2.29. The summed E-state index contributed by atoms with van der Waals surface area (Å²) >= 11 is 12.3. The van der Waals surface area contributed by atoms with Gasteiger partial charge in [-0.15, -0.1) is 11.6 Å². The van der Waals surface area contributed by atoms with Crippen molar-refractivity contribution in [3.05, 3.63) is 29.0 Å². The van der Waals surface area contributed by atoms with Crippen LogP contribution in [0.4, 0.5) is 8.78 Å². The molecule has 18 heavy (non-hydrogen) atoms. The van der Waals surface area contributed by atoms with Crippen LogP contribution in [0.1, 0.15) is 31.2 Å². The van der Waals surface area contributed by atoms with Crippen molar-refractivity contribution in [1.82, 2.24) is 4.98 Å². The van der Waals surface area contributed by atoms with Gasteiger partial charge in [-0.25, -0.2) is 8.78 Å². The average Bonchev–Trinajstić information content (AvgIpc) is 2.32. The standard InChI is InChI=1S/C13H15Cl2F2N/c14-11(7-10-3-6-18-8-12(10)15)9-1-4-13(16,17)5-2-9/h3,6,8-9,11H,1-2,4-5,7H2. The Hall–Kier alpha value is -0.410. The van der Waals surface area contributed by atoms with E-state index in [1.54, 1.807) is 12.4 Å². The summed E-state index contributed by atoms with van der Waals surface area (Å²) in [6, 6.07) is 1.83. The SMILES string of the molecule is FC1(F)CCC(C(Cl)Cc2ccncc2Cl)CC1. The van der Waals surface area contributed by atoms with Gasteiger partial charge in [0.2, 0.25) is 5.92 Å². The van der Waals surface area contributed by atoms with Crippen LogP contribution < -0.4 is 0 Å². The van der Waals surface area contributed by atoms with Gasteiger partial charge in [-0.2, -0.15) is 0 Å². The van der Waals surface area contributed by atoms with Gasteiger partial charge < -0.3 is 0 Å². The first-order valence-corrected chi connectivity index (χ1v) is 6.90. The van der Waals surface area contributed by atoms with Gasteiger partial charge in [0.25, 0.3) is 0 Å². The first kappa shape index (κ1) is 14.0. The molecule has 0 spiro atoms. The molecule has 0 N–H and O–H groups in total. The Morgan fingerprint density at radius 3 is 2.67 bits per heavy atom. The largest absolute Gasteiger partial charge is 0.263 e. The zero-order valence-electron chi connectivity index (χ0n) is 9.88. The summed E-state index contributed by atoms with van der Waals surface area (Å²) in [5.41, 5.74) is 0.934. The maximum atomic E-state index is 13.1. The van der Waals surface area contributed by atoms with Crippen LogP contribution in [0.25, 0.3) is 0 Å². The molecule has 0 aliphatic heterocycles. The van der Waals surface area contributed by atoms with Crippen molar-refractivity contribution in [1.29, 1.82) is 0 Å². The third-order valence-electron chi connectivity index (χ3n) is 3.54. The fourth-order valence-electron chi connectivity index (χ4n) is 2.37. The Balaban J connectivity index is 1.93. The first-order valence-electron chi connectivity index (χ1n) is 6.08. The normalized spacial score (nSPS) is 21.8. The van der Waals surface area contributed by atoms with Gasteiger partial charge in [-0.1, -0.05) is 11.6 Å². The molecule has 1 atom stereocenters. The van der Waals surface area contributed by atoms with Crippen LogP contribution in [-0.2, 0) is 6.42 Å². The second-order valence-corrected chi connectivity index (χ2v) is 5.85. The number of hydrogen-bond acceptors (Lipinski definition) is 1. The Morgan fingerprint density at radius 1 is 1.39 bits per heavy atom. The summed E-state index contributed by atoms with van der Waals surface area (Å²) in [6.45, 7) is 0. The molecule has 0 saturated heterocycles. The van der Waals surface area contributed by atoms with E-state index in [2.05, 4.69) is 4.98 Å². The minimum atomic E-state index is -2.50. The Kier molecular flexibility index (Phi) is 4.44. The van der Waals surface area contributed by atoms with E-state index in [9.17, 15) is 8.78 Å². The van der Waals surface area contributed by atoms with E-state index in [4.69, 9.17) is 23.2 Å². The highest BCUT2D eigenvalue weighted by Crippen LogP contribution is 2.39. The molecule has 1 fully saturated rings. The molecule has 100 valence electrons. The second kappa shape index (κ2) is 5.70. The van der Waals surface area contributed by atoms with Gasteiger partial charge in [0.1, 0.15) is 0 Å². The fraction of sp³-hybridized carbons (Fsp3) is 0.615. The third kappa shape index (κ3) is 3.55. The van der Waals surface area contributed by atoms with E-state index in [1.807, 2.05) is 6.07 Å². The van der Waals surface area contributed by atoms with Crippen molar-refractivity contribution >= 4 is 23.2 Å². The quantitative estimate of drug-likeness (QED) is 0.736. The van der Waals surface area contributed by atoms with Crippen molar-refractivity contribution in [3.63, 3.8) is 0 Å². The lowest BCUT2D eigenvalue weighted by Gasteiger charge is -2.31. The number of rotatable bonds is 3. The fourth-order valence-corrected chi connectivity index (χ4v) is 2.99. The maximum absolute atomic E-state index is 13.1. The number of hydrogen-bond donors (Lipinski definition) is 0. The summed E-state index contributed by atoms with van der Waals surface area (Å²) in [5.74, 6) is -2.35. The topological polar surface area (TPSA) is 12.9 Å². The molecule has 1 heterocycles. The lowest BCUT2D eigenvalue weighted by atomic mass is 9.83. The van der Waals surface area contributed by atoms with Gasteiger partial charge in [-0.05, 0) is 36.8 Å². The summed E-state index contributed by atoms with van der Waals surface area (Å²) in [6.07, 6.45) is 4.73. The second-order valence-electron chi connectivity index (χ2n) is 4.88. The van der Waals surface area contributed by atoms with Crippen molar-refractivity contribution in [2.24, 2.45) is 5.92 Å². The number of pyridine rings is 1. The average molecular weight is 294 g/mol. The van der Waals surface area contributed by atoms with Crippen molar-refractivity contribution in [2.75, 3.05) is 0 Å². The summed E-state index contributed by atoms with van der Waals surface area (Å²) < 4.78 is 26.1. The van der Waals surface area contributed by atoms with Gasteiger partial charge in [-0.3, -0.25) is 4.98 Å². The molecule has 1 aromatic rings. The molecule has 0 amide bonds. The predicted molar refractivity (Wildman–Crippen MR) is 69.5 cm³/mol. The summed E-state index contributed by atoms with van der Waals surface area (Å²) in [4.78, 5) is 3.91. The molecule has 1 aromatic heterocycles. The Labute approximate surface area is 116 Å². The van der Waals surface area contributed by atoms with Crippen LogP contribution in [-0.4, -0.2) is 16.3 Å². The molecule has 0 bridgehead atoms. The van der Waals surface area contributed by atoms with Gasteiger partial charge in [0.05, 0.1) is 5.02 Å². The van der Waals surface area contributed by atoms with E-state index >= 15 is 0 Å². The molecule has 1 saturated carbocycles. The van der Waals surface area contributed by atoms with Crippen LogP contribution in [0, 0.1) is 5.92 Å². The molecule has 1 unspecified atom stereocenters. The minimum absolute atomic E-state index is 0.0506. The number of aromatic nitrogens is 1. The molecule has 1 aliphatic rings. The highest BCUT2D eigenvalue weighted by atomic mass is 35.5. The van der Waals surface area contributed by atoms with E-state index < -0.39 is 5.92 Å². The zero-order chi connectivity index (χ0) is 13.2. The van der Waals surface area contributed by atoms with Crippen molar-refractivity contribution < 1.29 is 8.78 Å². The minimum Gasteiger partial charge on any atom is -0.263 e. The van der Waals surface area contributed by atoms with Gasteiger partial charge in [0, 0.05) is 30.6 Å². The Bertz CT molecular complexity index is 402. The van der Waals surface area contributed by atoms with Crippen molar-refractivity contribution in [2.45, 2.75) is 43.4 Å². The van der Waals surface area contributed by atoms with E-state index in [0.717, 1.165) is 5.56 Å². The third-order valence-corrected chi connectivity index (χ3v) is 4.40. The van der Waals surface area contributed by atoms with Gasteiger partial charge in [0.15, 0.2) is 0 Å². The van der Waals surface area contributed by atoms with E-state index in [0.29, 0.717) is 24.3 Å². The van der Waals surface area contributed by atoms with Crippen LogP contribution >= 0.6 is 23.2 Å². The first-order chi connectivity index (χ1) is 8.48. The van der Waals surface area contributed by atoms with E-state index in [-0.39, 0.29) is 24.1 Å². The predicted octanol–water partition coefficient (Wildman–Crippen LogP) is 4.71. The molecular formula is C13H15Cl2F2N. The smallest absolute Gasteiger partial charge is 0.248 e. The Morgan fingerprint density at radius 2 is 2.06 bits per heavy atom. The number of halogens is 4. The van der Waals surface area contributed by atoms with E-state index in [1.165, 1.54) is 0 Å². The molecule has 0 radical (unpaired) electrons. The molecular weight excluding hydrogens is 279 g/mol. The zero-order valence-corrected chi connectivity index (χ0v) is 11.4. The molecule has 0 aromatic carbocycles. The highest BCUT2D eigenvalue weighted by molar-refractivity contribution is 6.31. The molecule has 1 aliphatic carbocycles. The molecule has 2 rings (SSSR count). The van der Waals surface area contributed by atoms with Crippen molar-refractivity contribution in [3.8, 4) is 0 Å². The van der Waals surface area contributed by atoms with Crippen LogP contribution in [0.3, 0.4) is 0 Å². The summed E-state index contributed by atoms with van der Waals surface area (Å²) in [7, 11) is 0. The lowest BCUT2D eigenvalue weighted by molar-refractivity contribution is -0.0459. The maximum Gasteiger partial charge on any atom is 0.248 e. The molecule has 5 heteroatoms. The monoisotopic (exact) mass is 293 g/mol. The number of nitrogens with zero attached hydrogens (tertiary/aromatic N) is 1. The highest BCUT2D eigenvalue weighted by Gasteiger charge is 2.37. The van der Waals surface area contributed by atoms with Crippen LogP contribution in [0.5, 0.6) is 0 Å². The van der Waals surface area contributed by atoms with Crippen LogP contribution in [0.2, 0.25) is 5.02 Å². The summed E-state index contributed by atoms with van der Waals surface area (Å²) in [5, 5.41) is 0.449. The van der Waals surface area contributed by atoms with Crippen LogP contribution in [0.15, 0.2) is 18.5 Å². The molecule has 1 nitrogen and oxygen atoms in total.